The van der Waals surface area contributed by atoms with Gasteiger partial charge in [-0.05, 0) is 42.0 Å². The largest absolute Gasteiger partial charge is 0.480 e. The summed E-state index contributed by atoms with van der Waals surface area (Å²) in [6, 6.07) is 26.2. The van der Waals surface area contributed by atoms with Gasteiger partial charge in [-0.2, -0.15) is 0 Å². The fourth-order valence-electron chi connectivity index (χ4n) is 5.03. The zero-order valence-corrected chi connectivity index (χ0v) is 21.7. The number of aliphatic hydroxyl groups is 1. The summed E-state index contributed by atoms with van der Waals surface area (Å²) >= 11 is 6.25. The van der Waals surface area contributed by atoms with Gasteiger partial charge >= 0.3 is 5.97 Å². The van der Waals surface area contributed by atoms with E-state index in [9.17, 15) is 19.8 Å². The fourth-order valence-corrected chi connectivity index (χ4v) is 5.35. The maximum absolute atomic E-state index is 13.7. The van der Waals surface area contributed by atoms with Crippen LogP contribution in [0.1, 0.15) is 28.7 Å². The molecule has 0 radical (unpaired) electrons. The average Bonchev–Trinajstić information content (AvgIpc) is 3.30. The second kappa shape index (κ2) is 12.4. The molecular weight excluding hydrogens is 488 g/mol. The number of aryl methyl sites for hydroxylation is 1. The second-order valence-electron chi connectivity index (χ2n) is 9.70. The van der Waals surface area contributed by atoms with Crippen molar-refractivity contribution in [2.75, 3.05) is 6.54 Å². The molecule has 194 valence electrons. The smallest absolute Gasteiger partial charge is 0.326 e. The van der Waals surface area contributed by atoms with Crippen molar-refractivity contribution in [3.05, 3.63) is 107 Å². The van der Waals surface area contributed by atoms with E-state index in [-0.39, 0.29) is 13.0 Å². The number of rotatable bonds is 10. The number of hydrogen-bond acceptors (Lipinski definition) is 4. The number of aliphatic carboxylic acids is 1. The number of amides is 1. The van der Waals surface area contributed by atoms with Gasteiger partial charge in [0.15, 0.2) is 0 Å². The minimum Gasteiger partial charge on any atom is -0.480 e. The van der Waals surface area contributed by atoms with E-state index in [1.165, 1.54) is 4.90 Å². The Labute approximate surface area is 223 Å². The van der Waals surface area contributed by atoms with Crippen LogP contribution in [0.2, 0.25) is 0 Å². The van der Waals surface area contributed by atoms with E-state index in [1.54, 1.807) is 0 Å². The quantitative estimate of drug-likeness (QED) is 0.390. The normalized spacial score (nSPS) is 19.1. The molecule has 1 aliphatic rings. The highest BCUT2D eigenvalue weighted by Crippen LogP contribution is 2.27. The highest BCUT2D eigenvalue weighted by Gasteiger charge is 2.43. The Bertz CT molecular complexity index is 1150. The van der Waals surface area contributed by atoms with Crippen molar-refractivity contribution < 1.29 is 19.8 Å². The van der Waals surface area contributed by atoms with Crippen LogP contribution in [0.15, 0.2) is 84.9 Å². The number of aliphatic hydroxyl groups excluding tert-OH is 1. The Kier molecular flexibility index (Phi) is 8.98. The third-order valence-electron chi connectivity index (χ3n) is 7.05. The van der Waals surface area contributed by atoms with Gasteiger partial charge in [0, 0.05) is 25.7 Å². The van der Waals surface area contributed by atoms with Gasteiger partial charge in [0.05, 0.1) is 5.38 Å². The number of benzene rings is 3. The van der Waals surface area contributed by atoms with Gasteiger partial charge in [-0.1, -0.05) is 84.9 Å². The first-order valence-corrected chi connectivity index (χ1v) is 13.0. The van der Waals surface area contributed by atoms with Gasteiger partial charge in [-0.15, -0.1) is 11.6 Å². The molecule has 1 aliphatic heterocycles. The number of nitrogens with zero attached hydrogens (tertiary/aromatic N) is 2. The molecule has 37 heavy (non-hydrogen) atoms. The Hall–Kier alpha value is -3.19. The SMILES string of the molecule is Cc1ccccc1C[C@@H]([C@H](O)C(=O)N1C[C@@H](Cl)C[C@H]1C(=O)O)N(Cc1ccccc1)Cc1ccccc1. The monoisotopic (exact) mass is 520 g/mol. The Morgan fingerprint density at radius 3 is 2.03 bits per heavy atom. The predicted octanol–water partition coefficient (Wildman–Crippen LogP) is 4.26. The third kappa shape index (κ3) is 6.77. The summed E-state index contributed by atoms with van der Waals surface area (Å²) in [5.74, 6) is -1.70. The molecule has 1 fully saturated rings. The molecule has 0 unspecified atom stereocenters. The first-order chi connectivity index (χ1) is 17.8. The average molecular weight is 521 g/mol. The number of carbonyl (C=O) groups excluding carboxylic acids is 1. The topological polar surface area (TPSA) is 81.1 Å². The van der Waals surface area contributed by atoms with E-state index in [0.717, 1.165) is 22.3 Å². The lowest BCUT2D eigenvalue weighted by Crippen LogP contribution is -2.54. The minimum atomic E-state index is -1.43. The number of hydrogen-bond donors (Lipinski definition) is 2. The van der Waals surface area contributed by atoms with Crippen LogP contribution in [0.3, 0.4) is 0 Å². The van der Waals surface area contributed by atoms with Crippen LogP contribution >= 0.6 is 11.6 Å². The lowest BCUT2D eigenvalue weighted by Gasteiger charge is -2.37. The molecule has 3 aromatic rings. The molecule has 4 atom stereocenters. The van der Waals surface area contributed by atoms with Crippen LogP contribution in [0.5, 0.6) is 0 Å². The molecule has 1 amide bonds. The summed E-state index contributed by atoms with van der Waals surface area (Å²) in [5.41, 5.74) is 4.20. The summed E-state index contributed by atoms with van der Waals surface area (Å²) in [6.07, 6.45) is -0.846. The number of likely N-dealkylation sites (tertiary alicyclic amines) is 1. The van der Waals surface area contributed by atoms with Crippen molar-refractivity contribution in [2.24, 2.45) is 0 Å². The molecule has 0 spiro atoms. The number of halogens is 1. The van der Waals surface area contributed by atoms with E-state index >= 15 is 0 Å². The maximum Gasteiger partial charge on any atom is 0.326 e. The predicted molar refractivity (Wildman–Crippen MR) is 144 cm³/mol. The van der Waals surface area contributed by atoms with Crippen LogP contribution in [0, 0.1) is 6.92 Å². The lowest BCUT2D eigenvalue weighted by atomic mass is 9.94. The zero-order valence-electron chi connectivity index (χ0n) is 20.9. The maximum atomic E-state index is 13.7. The molecule has 0 aromatic heterocycles. The highest BCUT2D eigenvalue weighted by molar-refractivity contribution is 6.21. The van der Waals surface area contributed by atoms with Crippen molar-refractivity contribution >= 4 is 23.5 Å². The molecule has 1 heterocycles. The summed E-state index contributed by atoms with van der Waals surface area (Å²) in [7, 11) is 0. The molecule has 2 N–H and O–H groups in total. The second-order valence-corrected chi connectivity index (χ2v) is 10.3. The molecule has 0 bridgehead atoms. The van der Waals surface area contributed by atoms with Crippen molar-refractivity contribution in [1.29, 1.82) is 0 Å². The fraction of sp³-hybridized carbons (Fsp3) is 0.333. The molecule has 4 rings (SSSR count). The van der Waals surface area contributed by atoms with E-state index < -0.39 is 35.4 Å². The summed E-state index contributed by atoms with van der Waals surface area (Å²) in [4.78, 5) is 28.9. The summed E-state index contributed by atoms with van der Waals surface area (Å²) in [6.45, 7) is 3.13. The first kappa shape index (κ1) is 26.9. The number of carboxylic acid groups (broad SMARTS) is 1. The van der Waals surface area contributed by atoms with Crippen molar-refractivity contribution in [3.8, 4) is 0 Å². The van der Waals surface area contributed by atoms with Gasteiger partial charge in [0.25, 0.3) is 5.91 Å². The third-order valence-corrected chi connectivity index (χ3v) is 7.37. The van der Waals surface area contributed by atoms with Gasteiger partial charge < -0.3 is 15.1 Å². The van der Waals surface area contributed by atoms with Crippen LogP contribution in [0.4, 0.5) is 0 Å². The lowest BCUT2D eigenvalue weighted by molar-refractivity contribution is -0.154. The molecule has 0 saturated carbocycles. The van der Waals surface area contributed by atoms with Crippen LogP contribution in [0.25, 0.3) is 0 Å². The van der Waals surface area contributed by atoms with Crippen LogP contribution in [-0.2, 0) is 29.1 Å². The molecule has 3 aromatic carbocycles. The first-order valence-electron chi connectivity index (χ1n) is 12.6. The molecule has 6 nitrogen and oxygen atoms in total. The summed E-state index contributed by atoms with van der Waals surface area (Å²) < 4.78 is 0. The Morgan fingerprint density at radius 2 is 1.49 bits per heavy atom. The van der Waals surface area contributed by atoms with Crippen LogP contribution < -0.4 is 0 Å². The molecular formula is C30H33ClN2O4. The Morgan fingerprint density at radius 1 is 0.946 bits per heavy atom. The molecule has 7 heteroatoms. The minimum absolute atomic E-state index is 0.100. The number of carboxylic acids is 1. The van der Waals surface area contributed by atoms with Gasteiger partial charge in [0.2, 0.25) is 0 Å². The van der Waals surface area contributed by atoms with E-state index in [4.69, 9.17) is 11.6 Å². The molecule has 0 aliphatic carbocycles. The van der Waals surface area contributed by atoms with Crippen molar-refractivity contribution in [3.63, 3.8) is 0 Å². The number of alkyl halides is 1. The molecule has 1 saturated heterocycles. The van der Waals surface area contributed by atoms with E-state index in [2.05, 4.69) is 4.90 Å². The standard InChI is InChI=1S/C30H33ClN2O4/c1-21-10-8-9-15-24(21)16-26(28(34)29(35)33-20-25(31)17-27(33)30(36)37)32(18-22-11-4-2-5-12-22)19-23-13-6-3-7-14-23/h2-15,25-28,34H,16-20H2,1H3,(H,36,37)/t25-,26-,27-,28-/m0/s1. The summed E-state index contributed by atoms with van der Waals surface area (Å²) in [5, 5.41) is 20.9. The van der Waals surface area contributed by atoms with Gasteiger partial charge in [0.1, 0.15) is 12.1 Å². The van der Waals surface area contributed by atoms with Gasteiger partial charge in [-0.25, -0.2) is 4.79 Å². The van der Waals surface area contributed by atoms with Crippen LogP contribution in [-0.4, -0.2) is 62.0 Å². The zero-order chi connectivity index (χ0) is 26.4. The van der Waals surface area contributed by atoms with E-state index in [1.807, 2.05) is 91.9 Å². The van der Waals surface area contributed by atoms with Crippen molar-refractivity contribution in [2.45, 2.75) is 56.4 Å². The van der Waals surface area contributed by atoms with E-state index in [0.29, 0.717) is 19.5 Å². The van der Waals surface area contributed by atoms with Gasteiger partial charge in [-0.3, -0.25) is 9.69 Å². The number of carbonyl (C=O) groups is 2. The highest BCUT2D eigenvalue weighted by atomic mass is 35.5. The van der Waals surface area contributed by atoms with Crippen molar-refractivity contribution in [1.82, 2.24) is 9.80 Å². The Balaban J connectivity index is 1.71.